The fraction of sp³-hybridized carbons (Fsp3) is 0.133. The molecule has 0 bridgehead atoms. The van der Waals surface area contributed by atoms with Crippen molar-refractivity contribution in [3.8, 4) is 11.1 Å². The molecule has 2 rings (SSSR count). The number of carbonyl (C=O) groups excluding carboxylic acids is 1. The maximum Gasteiger partial charge on any atom is 0.274 e. The van der Waals surface area contributed by atoms with Crippen LogP contribution < -0.4 is 5.48 Å². The van der Waals surface area contributed by atoms with Gasteiger partial charge in [-0.1, -0.05) is 42.5 Å². The number of hydroxylamine groups is 1. The summed E-state index contributed by atoms with van der Waals surface area (Å²) in [6.45, 7) is 2.27. The van der Waals surface area contributed by atoms with Crippen LogP contribution in [0.5, 0.6) is 0 Å². The molecule has 0 saturated heterocycles. The summed E-state index contributed by atoms with van der Waals surface area (Å²) in [4.78, 5) is 16.5. The second kappa shape index (κ2) is 5.98. The summed E-state index contributed by atoms with van der Waals surface area (Å²) in [6, 6.07) is 17.5. The molecule has 0 aliphatic heterocycles. The lowest BCUT2D eigenvalue weighted by Crippen LogP contribution is -2.23. The molecule has 0 aromatic heterocycles. The van der Waals surface area contributed by atoms with Crippen LogP contribution in [0.1, 0.15) is 17.3 Å². The fourth-order valence-corrected chi connectivity index (χ4v) is 1.64. The van der Waals surface area contributed by atoms with Gasteiger partial charge in [0.2, 0.25) is 0 Å². The molecule has 0 saturated carbocycles. The molecular formula is C15H15NO2. The van der Waals surface area contributed by atoms with Crippen LogP contribution in [0.3, 0.4) is 0 Å². The average molecular weight is 241 g/mol. The minimum absolute atomic E-state index is 0.225. The highest BCUT2D eigenvalue weighted by Crippen LogP contribution is 2.19. The van der Waals surface area contributed by atoms with E-state index in [1.165, 1.54) is 0 Å². The molecule has 0 atom stereocenters. The van der Waals surface area contributed by atoms with E-state index >= 15 is 0 Å². The number of amides is 1. The number of rotatable bonds is 4. The second-order valence-corrected chi connectivity index (χ2v) is 3.81. The fourth-order valence-electron chi connectivity index (χ4n) is 1.64. The number of nitrogens with one attached hydrogen (secondary N) is 1. The molecule has 1 amide bonds. The summed E-state index contributed by atoms with van der Waals surface area (Å²) in [5.74, 6) is -0.225. The molecule has 18 heavy (non-hydrogen) atoms. The largest absolute Gasteiger partial charge is 0.274 e. The van der Waals surface area contributed by atoms with Crippen LogP contribution in [0, 0.1) is 0 Å². The standard InChI is InChI=1S/C15H15NO2/c1-2-18-16-15(17)14-10-8-13(9-11-14)12-6-4-3-5-7-12/h3-11H,2H2,1H3,(H,16,17). The maximum atomic E-state index is 11.6. The van der Waals surface area contributed by atoms with Crippen LogP contribution in [0.2, 0.25) is 0 Å². The topological polar surface area (TPSA) is 38.3 Å². The van der Waals surface area contributed by atoms with E-state index in [2.05, 4.69) is 5.48 Å². The first-order valence-electron chi connectivity index (χ1n) is 5.89. The van der Waals surface area contributed by atoms with Gasteiger partial charge in [0.1, 0.15) is 0 Å². The van der Waals surface area contributed by atoms with Crippen LogP contribution in [-0.4, -0.2) is 12.5 Å². The van der Waals surface area contributed by atoms with Crippen molar-refractivity contribution < 1.29 is 9.63 Å². The van der Waals surface area contributed by atoms with Gasteiger partial charge in [-0.05, 0) is 30.2 Å². The number of carbonyl (C=O) groups is 1. The Balaban J connectivity index is 2.13. The van der Waals surface area contributed by atoms with Crippen molar-refractivity contribution in [3.05, 3.63) is 60.2 Å². The van der Waals surface area contributed by atoms with Crippen LogP contribution >= 0.6 is 0 Å². The summed E-state index contributed by atoms with van der Waals surface area (Å²) >= 11 is 0. The molecule has 2 aromatic rings. The minimum atomic E-state index is -0.225. The van der Waals surface area contributed by atoms with E-state index in [0.29, 0.717) is 12.2 Å². The Kier molecular flexibility index (Phi) is 4.10. The summed E-state index contributed by atoms with van der Waals surface area (Å²) in [6.07, 6.45) is 0. The molecule has 3 nitrogen and oxygen atoms in total. The van der Waals surface area contributed by atoms with Gasteiger partial charge in [0, 0.05) is 5.56 Å². The smallest absolute Gasteiger partial charge is 0.274 e. The highest BCUT2D eigenvalue weighted by Gasteiger charge is 2.05. The van der Waals surface area contributed by atoms with E-state index in [0.717, 1.165) is 11.1 Å². The van der Waals surface area contributed by atoms with Crippen molar-refractivity contribution in [2.45, 2.75) is 6.92 Å². The zero-order chi connectivity index (χ0) is 12.8. The second-order valence-electron chi connectivity index (χ2n) is 3.81. The Morgan fingerprint density at radius 3 is 2.22 bits per heavy atom. The summed E-state index contributed by atoms with van der Waals surface area (Å²) in [7, 11) is 0. The highest BCUT2D eigenvalue weighted by atomic mass is 16.6. The van der Waals surface area contributed by atoms with E-state index in [-0.39, 0.29) is 5.91 Å². The van der Waals surface area contributed by atoms with E-state index in [9.17, 15) is 4.79 Å². The third-order valence-electron chi connectivity index (χ3n) is 2.56. The van der Waals surface area contributed by atoms with Crippen molar-refractivity contribution >= 4 is 5.91 Å². The molecule has 1 N–H and O–H groups in total. The lowest BCUT2D eigenvalue weighted by molar-refractivity contribution is 0.0364. The molecule has 0 unspecified atom stereocenters. The van der Waals surface area contributed by atoms with Gasteiger partial charge in [0.15, 0.2) is 0 Å². The van der Waals surface area contributed by atoms with Gasteiger partial charge in [-0.25, -0.2) is 5.48 Å². The predicted molar refractivity (Wildman–Crippen MR) is 71.0 cm³/mol. The normalized spacial score (nSPS) is 10.1. The van der Waals surface area contributed by atoms with Crippen molar-refractivity contribution in [1.82, 2.24) is 5.48 Å². The Morgan fingerprint density at radius 2 is 1.61 bits per heavy atom. The Labute approximate surface area is 106 Å². The van der Waals surface area contributed by atoms with E-state index < -0.39 is 0 Å². The van der Waals surface area contributed by atoms with Gasteiger partial charge in [-0.3, -0.25) is 9.63 Å². The first-order chi connectivity index (χ1) is 8.81. The first-order valence-corrected chi connectivity index (χ1v) is 5.89. The molecular weight excluding hydrogens is 226 g/mol. The van der Waals surface area contributed by atoms with Gasteiger partial charge < -0.3 is 0 Å². The summed E-state index contributed by atoms with van der Waals surface area (Å²) < 4.78 is 0. The Morgan fingerprint density at radius 1 is 1.00 bits per heavy atom. The summed E-state index contributed by atoms with van der Waals surface area (Å²) in [5.41, 5.74) is 5.18. The molecule has 0 spiro atoms. The lowest BCUT2D eigenvalue weighted by atomic mass is 10.0. The van der Waals surface area contributed by atoms with E-state index in [1.54, 1.807) is 12.1 Å². The van der Waals surface area contributed by atoms with Crippen LogP contribution in [0.4, 0.5) is 0 Å². The average Bonchev–Trinajstić information content (AvgIpc) is 2.46. The third kappa shape index (κ3) is 2.96. The zero-order valence-electron chi connectivity index (χ0n) is 10.2. The molecule has 3 heteroatoms. The van der Waals surface area contributed by atoms with Crippen molar-refractivity contribution in [3.63, 3.8) is 0 Å². The Bertz CT molecular complexity index is 506. The molecule has 0 fully saturated rings. The Hall–Kier alpha value is -2.13. The number of benzene rings is 2. The van der Waals surface area contributed by atoms with Crippen molar-refractivity contribution in [2.24, 2.45) is 0 Å². The quantitative estimate of drug-likeness (QED) is 0.835. The highest BCUT2D eigenvalue weighted by molar-refractivity contribution is 5.93. The van der Waals surface area contributed by atoms with Gasteiger partial charge in [-0.15, -0.1) is 0 Å². The van der Waals surface area contributed by atoms with Crippen molar-refractivity contribution in [1.29, 1.82) is 0 Å². The van der Waals surface area contributed by atoms with Crippen LogP contribution in [0.15, 0.2) is 54.6 Å². The van der Waals surface area contributed by atoms with Crippen LogP contribution in [-0.2, 0) is 4.84 Å². The monoisotopic (exact) mass is 241 g/mol. The summed E-state index contributed by atoms with van der Waals surface area (Å²) in [5, 5.41) is 0. The minimum Gasteiger partial charge on any atom is -0.274 e. The van der Waals surface area contributed by atoms with Gasteiger partial charge >= 0.3 is 0 Å². The van der Waals surface area contributed by atoms with Gasteiger partial charge in [0.05, 0.1) is 6.61 Å². The van der Waals surface area contributed by atoms with Gasteiger partial charge in [0.25, 0.3) is 5.91 Å². The lowest BCUT2D eigenvalue weighted by Gasteiger charge is -2.05. The van der Waals surface area contributed by atoms with E-state index in [4.69, 9.17) is 4.84 Å². The number of hydrogen-bond acceptors (Lipinski definition) is 2. The zero-order valence-corrected chi connectivity index (χ0v) is 10.2. The van der Waals surface area contributed by atoms with Crippen LogP contribution in [0.25, 0.3) is 11.1 Å². The third-order valence-corrected chi connectivity index (χ3v) is 2.56. The van der Waals surface area contributed by atoms with Crippen molar-refractivity contribution in [2.75, 3.05) is 6.61 Å². The molecule has 0 heterocycles. The van der Waals surface area contributed by atoms with E-state index in [1.807, 2.05) is 49.4 Å². The number of hydrogen-bond donors (Lipinski definition) is 1. The predicted octanol–water partition coefficient (Wildman–Crippen LogP) is 3.03. The molecule has 0 aliphatic carbocycles. The molecule has 0 radical (unpaired) electrons. The first kappa shape index (κ1) is 12.3. The molecule has 92 valence electrons. The molecule has 2 aromatic carbocycles. The SMILES string of the molecule is CCONC(=O)c1ccc(-c2ccccc2)cc1. The molecule has 0 aliphatic rings. The van der Waals surface area contributed by atoms with Gasteiger partial charge in [-0.2, -0.15) is 0 Å². The maximum absolute atomic E-state index is 11.6.